The third-order valence-corrected chi connectivity index (χ3v) is 3.97. The van der Waals surface area contributed by atoms with Gasteiger partial charge in [-0.15, -0.1) is 0 Å². The maximum atomic E-state index is 12.3. The van der Waals surface area contributed by atoms with E-state index in [9.17, 15) is 4.79 Å². The summed E-state index contributed by atoms with van der Waals surface area (Å²) in [4.78, 5) is 16.5. The normalized spacial score (nSPS) is 12.2. The van der Waals surface area contributed by atoms with E-state index < -0.39 is 0 Å². The van der Waals surface area contributed by atoms with Gasteiger partial charge < -0.3 is 9.30 Å². The standard InChI is InChI=1S/C14H16N2O2S/c1-10(19-14-15-8-9-16(14)2)13(17)11-4-6-12(18-3)7-5-11/h4-10H,1-3H3. The summed E-state index contributed by atoms with van der Waals surface area (Å²) in [5.74, 6) is 0.844. The molecule has 0 saturated heterocycles. The van der Waals surface area contributed by atoms with Crippen molar-refractivity contribution in [1.29, 1.82) is 0 Å². The number of methoxy groups -OCH3 is 1. The van der Waals surface area contributed by atoms with E-state index in [1.807, 2.05) is 24.7 Å². The molecule has 1 aromatic carbocycles. The molecule has 0 aliphatic carbocycles. The van der Waals surface area contributed by atoms with Crippen LogP contribution >= 0.6 is 11.8 Å². The van der Waals surface area contributed by atoms with Crippen molar-refractivity contribution in [3.8, 4) is 5.75 Å². The maximum Gasteiger partial charge on any atom is 0.175 e. The summed E-state index contributed by atoms with van der Waals surface area (Å²) in [6.07, 6.45) is 3.60. The van der Waals surface area contributed by atoms with Crippen LogP contribution in [0.5, 0.6) is 5.75 Å². The third kappa shape index (κ3) is 3.17. The van der Waals surface area contributed by atoms with Crippen LogP contribution in [0.4, 0.5) is 0 Å². The van der Waals surface area contributed by atoms with E-state index in [0.29, 0.717) is 5.56 Å². The average Bonchev–Trinajstić information content (AvgIpc) is 2.83. The molecule has 1 unspecified atom stereocenters. The van der Waals surface area contributed by atoms with Crippen molar-refractivity contribution in [2.45, 2.75) is 17.3 Å². The number of imidazole rings is 1. The van der Waals surface area contributed by atoms with E-state index >= 15 is 0 Å². The number of aryl methyl sites for hydroxylation is 1. The summed E-state index contributed by atoms with van der Waals surface area (Å²) >= 11 is 1.46. The van der Waals surface area contributed by atoms with Gasteiger partial charge in [0.2, 0.25) is 0 Å². The number of nitrogens with zero attached hydrogens (tertiary/aromatic N) is 2. The van der Waals surface area contributed by atoms with Gasteiger partial charge in [-0.2, -0.15) is 0 Å². The topological polar surface area (TPSA) is 44.1 Å². The van der Waals surface area contributed by atoms with Gasteiger partial charge in [-0.05, 0) is 31.2 Å². The van der Waals surface area contributed by atoms with Crippen LogP contribution in [0.3, 0.4) is 0 Å². The Morgan fingerprint density at radius 3 is 2.58 bits per heavy atom. The molecule has 100 valence electrons. The molecule has 0 amide bonds. The fourth-order valence-corrected chi connectivity index (χ4v) is 2.58. The number of rotatable bonds is 5. The van der Waals surface area contributed by atoms with Crippen molar-refractivity contribution in [2.75, 3.05) is 7.11 Å². The van der Waals surface area contributed by atoms with Gasteiger partial charge in [-0.25, -0.2) is 4.98 Å². The first-order valence-electron chi connectivity index (χ1n) is 5.94. The van der Waals surface area contributed by atoms with Crippen LogP contribution in [-0.2, 0) is 7.05 Å². The van der Waals surface area contributed by atoms with E-state index in [2.05, 4.69) is 4.98 Å². The zero-order valence-electron chi connectivity index (χ0n) is 11.2. The summed E-state index contributed by atoms with van der Waals surface area (Å²) in [5.41, 5.74) is 0.690. The Morgan fingerprint density at radius 2 is 2.05 bits per heavy atom. The highest BCUT2D eigenvalue weighted by Crippen LogP contribution is 2.24. The quantitative estimate of drug-likeness (QED) is 0.622. The molecule has 0 spiro atoms. The molecule has 2 rings (SSSR count). The highest BCUT2D eigenvalue weighted by Gasteiger charge is 2.18. The third-order valence-electron chi connectivity index (χ3n) is 2.80. The highest BCUT2D eigenvalue weighted by atomic mass is 32.2. The number of ketones is 1. The fraction of sp³-hybridized carbons (Fsp3) is 0.286. The molecule has 19 heavy (non-hydrogen) atoms. The molecule has 0 bridgehead atoms. The number of benzene rings is 1. The lowest BCUT2D eigenvalue weighted by atomic mass is 10.1. The second-order valence-corrected chi connectivity index (χ2v) is 5.48. The van der Waals surface area contributed by atoms with Gasteiger partial charge in [0.1, 0.15) is 5.75 Å². The molecule has 0 radical (unpaired) electrons. The Labute approximate surface area is 116 Å². The molecule has 1 aromatic heterocycles. The van der Waals surface area contributed by atoms with Crippen molar-refractivity contribution in [3.05, 3.63) is 42.2 Å². The van der Waals surface area contributed by atoms with Crippen molar-refractivity contribution in [3.63, 3.8) is 0 Å². The van der Waals surface area contributed by atoms with Gasteiger partial charge in [-0.1, -0.05) is 11.8 Å². The fourth-order valence-electron chi connectivity index (χ4n) is 1.67. The van der Waals surface area contributed by atoms with Crippen LogP contribution in [0.25, 0.3) is 0 Å². The van der Waals surface area contributed by atoms with Gasteiger partial charge in [0.25, 0.3) is 0 Å². The lowest BCUT2D eigenvalue weighted by Gasteiger charge is -2.10. The Kier molecular flexibility index (Phi) is 4.27. The monoisotopic (exact) mass is 276 g/mol. The van der Waals surface area contributed by atoms with Crippen LogP contribution in [-0.4, -0.2) is 27.7 Å². The number of aromatic nitrogens is 2. The zero-order chi connectivity index (χ0) is 13.8. The second-order valence-electron chi connectivity index (χ2n) is 4.17. The van der Waals surface area contributed by atoms with Gasteiger partial charge in [-0.3, -0.25) is 4.79 Å². The van der Waals surface area contributed by atoms with Crippen LogP contribution in [0.1, 0.15) is 17.3 Å². The van der Waals surface area contributed by atoms with Crippen LogP contribution < -0.4 is 4.74 Å². The predicted octanol–water partition coefficient (Wildman–Crippen LogP) is 2.79. The lowest BCUT2D eigenvalue weighted by Crippen LogP contribution is -2.14. The summed E-state index contributed by atoms with van der Waals surface area (Å²) in [5, 5.41) is 0.670. The SMILES string of the molecule is COc1ccc(C(=O)C(C)Sc2nccn2C)cc1. The van der Waals surface area contributed by atoms with Crippen molar-refractivity contribution < 1.29 is 9.53 Å². The minimum atomic E-state index is -0.172. The van der Waals surface area contributed by atoms with E-state index in [1.165, 1.54) is 11.8 Å². The number of ether oxygens (including phenoxy) is 1. The van der Waals surface area contributed by atoms with E-state index in [1.54, 1.807) is 37.6 Å². The average molecular weight is 276 g/mol. The molecule has 0 N–H and O–H groups in total. The molecule has 4 nitrogen and oxygen atoms in total. The Hall–Kier alpha value is -1.75. The number of Topliss-reactive ketones (excluding diaryl/α,β-unsaturated/α-hetero) is 1. The molecule has 0 saturated carbocycles. The molecule has 5 heteroatoms. The Morgan fingerprint density at radius 1 is 1.37 bits per heavy atom. The molecule has 1 heterocycles. The molecule has 2 aromatic rings. The largest absolute Gasteiger partial charge is 0.497 e. The van der Waals surface area contributed by atoms with Gasteiger partial charge in [0.05, 0.1) is 12.4 Å². The molecular weight excluding hydrogens is 260 g/mol. The van der Waals surface area contributed by atoms with Gasteiger partial charge in [0, 0.05) is 25.0 Å². The van der Waals surface area contributed by atoms with E-state index in [4.69, 9.17) is 4.74 Å². The van der Waals surface area contributed by atoms with Crippen LogP contribution in [0, 0.1) is 0 Å². The van der Waals surface area contributed by atoms with Crippen molar-refractivity contribution in [2.24, 2.45) is 7.05 Å². The smallest absolute Gasteiger partial charge is 0.175 e. The minimum Gasteiger partial charge on any atom is -0.497 e. The van der Waals surface area contributed by atoms with E-state index in [0.717, 1.165) is 10.9 Å². The highest BCUT2D eigenvalue weighted by molar-refractivity contribution is 8.00. The molecule has 0 fully saturated rings. The van der Waals surface area contributed by atoms with Crippen molar-refractivity contribution in [1.82, 2.24) is 9.55 Å². The predicted molar refractivity (Wildman–Crippen MR) is 75.9 cm³/mol. The minimum absolute atomic E-state index is 0.0932. The molecule has 1 atom stereocenters. The molecule has 0 aliphatic rings. The second kappa shape index (κ2) is 5.93. The number of carbonyl (C=O) groups is 1. The summed E-state index contributed by atoms with van der Waals surface area (Å²) in [6.45, 7) is 1.89. The first kappa shape index (κ1) is 13.7. The van der Waals surface area contributed by atoms with Gasteiger partial charge >= 0.3 is 0 Å². The molecular formula is C14H16N2O2S. The summed E-state index contributed by atoms with van der Waals surface area (Å²) in [7, 11) is 3.52. The van der Waals surface area contributed by atoms with Crippen molar-refractivity contribution >= 4 is 17.5 Å². The van der Waals surface area contributed by atoms with Crippen LogP contribution in [0.2, 0.25) is 0 Å². The zero-order valence-corrected chi connectivity index (χ0v) is 12.0. The number of carbonyl (C=O) groups excluding carboxylic acids is 1. The number of hydrogen-bond acceptors (Lipinski definition) is 4. The van der Waals surface area contributed by atoms with E-state index in [-0.39, 0.29) is 11.0 Å². The molecule has 0 aliphatic heterocycles. The number of hydrogen-bond donors (Lipinski definition) is 0. The maximum absolute atomic E-state index is 12.3. The van der Waals surface area contributed by atoms with Gasteiger partial charge in [0.15, 0.2) is 10.9 Å². The first-order chi connectivity index (χ1) is 9.11. The first-order valence-corrected chi connectivity index (χ1v) is 6.82. The van der Waals surface area contributed by atoms with Crippen LogP contribution in [0.15, 0.2) is 41.8 Å². The summed E-state index contributed by atoms with van der Waals surface area (Å²) in [6, 6.07) is 7.17. The number of thioether (sulfide) groups is 1. The summed E-state index contributed by atoms with van der Waals surface area (Å²) < 4.78 is 6.99. The Balaban J connectivity index is 2.08. The lowest BCUT2D eigenvalue weighted by molar-refractivity contribution is 0.0994. The Bertz CT molecular complexity index is 563.